The first-order valence-electron chi connectivity index (χ1n) is 8.62. The summed E-state index contributed by atoms with van der Waals surface area (Å²) in [5.41, 5.74) is 0.532. The molecule has 2 fully saturated rings. The highest BCUT2D eigenvalue weighted by molar-refractivity contribution is 5.79. The quantitative estimate of drug-likeness (QED) is 0.846. The highest BCUT2D eigenvalue weighted by atomic mass is 16.2. The predicted molar refractivity (Wildman–Crippen MR) is 81.9 cm³/mol. The van der Waals surface area contributed by atoms with Crippen LogP contribution < -0.4 is 5.32 Å². The average molecular weight is 303 g/mol. The first-order chi connectivity index (χ1) is 10.8. The number of fused-ring (bicyclic) bond motifs is 1. The Kier molecular flexibility index (Phi) is 3.64. The molecule has 22 heavy (non-hydrogen) atoms. The smallest absolute Gasteiger partial charge is 0.226 e. The molecule has 0 unspecified atom stereocenters. The van der Waals surface area contributed by atoms with E-state index in [1.807, 2.05) is 9.58 Å². The third-order valence-electron chi connectivity index (χ3n) is 5.98. The second-order valence-electron chi connectivity index (χ2n) is 7.18. The monoisotopic (exact) mass is 303 g/mol. The molecule has 6 nitrogen and oxygen atoms in total. The van der Waals surface area contributed by atoms with Crippen molar-refractivity contribution in [2.75, 3.05) is 19.6 Å². The van der Waals surface area contributed by atoms with Crippen molar-refractivity contribution in [2.45, 2.75) is 51.6 Å². The van der Waals surface area contributed by atoms with Gasteiger partial charge in [0.2, 0.25) is 5.91 Å². The third kappa shape index (κ3) is 2.53. The van der Waals surface area contributed by atoms with Gasteiger partial charge in [0, 0.05) is 12.5 Å². The molecule has 1 aromatic rings. The Morgan fingerprint density at radius 3 is 2.73 bits per heavy atom. The van der Waals surface area contributed by atoms with E-state index in [-0.39, 0.29) is 5.92 Å². The van der Waals surface area contributed by atoms with Crippen LogP contribution in [0.5, 0.6) is 0 Å². The van der Waals surface area contributed by atoms with Crippen molar-refractivity contribution in [3.8, 4) is 0 Å². The molecule has 0 radical (unpaired) electrons. The van der Waals surface area contributed by atoms with Crippen LogP contribution in [0.2, 0.25) is 0 Å². The SMILES string of the molecule is O=C(C1CCC2(CCNCC2)CC1)N1CCn2ncnc2C1. The lowest BCUT2D eigenvalue weighted by molar-refractivity contribution is -0.139. The molecule has 1 spiro atoms. The molecule has 0 aromatic carbocycles. The molecule has 1 N–H and O–H groups in total. The van der Waals surface area contributed by atoms with Crippen LogP contribution in [0.4, 0.5) is 0 Å². The normalized spacial score (nSPS) is 25.2. The van der Waals surface area contributed by atoms with Crippen LogP contribution in [0.3, 0.4) is 0 Å². The Balaban J connectivity index is 1.36. The van der Waals surface area contributed by atoms with Gasteiger partial charge in [0.25, 0.3) is 0 Å². The molecule has 1 amide bonds. The van der Waals surface area contributed by atoms with E-state index in [1.54, 1.807) is 6.33 Å². The standard InChI is InChI=1S/C16H25N5O/c22-15(20-9-10-21-14(11-20)18-12-19-21)13-1-3-16(4-2-13)5-7-17-8-6-16/h12-13,17H,1-11H2. The average Bonchev–Trinajstić information content (AvgIpc) is 3.03. The van der Waals surface area contributed by atoms with E-state index in [0.717, 1.165) is 44.8 Å². The largest absolute Gasteiger partial charge is 0.333 e. The van der Waals surface area contributed by atoms with Crippen LogP contribution in [0, 0.1) is 11.3 Å². The Hall–Kier alpha value is -1.43. The molecular formula is C16H25N5O. The lowest BCUT2D eigenvalue weighted by Gasteiger charge is -2.43. The summed E-state index contributed by atoms with van der Waals surface area (Å²) in [4.78, 5) is 19.1. The number of hydrogen-bond donors (Lipinski definition) is 1. The molecule has 2 aliphatic heterocycles. The number of nitrogens with zero attached hydrogens (tertiary/aromatic N) is 4. The number of hydrogen-bond acceptors (Lipinski definition) is 4. The minimum Gasteiger partial charge on any atom is -0.333 e. The third-order valence-corrected chi connectivity index (χ3v) is 5.98. The van der Waals surface area contributed by atoms with Crippen LogP contribution >= 0.6 is 0 Å². The molecule has 1 saturated carbocycles. The summed E-state index contributed by atoms with van der Waals surface area (Å²) in [6.45, 7) is 4.50. The number of amides is 1. The van der Waals surface area contributed by atoms with Gasteiger partial charge in [-0.25, -0.2) is 9.67 Å². The topological polar surface area (TPSA) is 63.1 Å². The second kappa shape index (κ2) is 5.65. The second-order valence-corrected chi connectivity index (χ2v) is 7.18. The molecule has 1 saturated heterocycles. The number of carbonyl (C=O) groups is 1. The van der Waals surface area contributed by atoms with E-state index in [4.69, 9.17) is 0 Å². The van der Waals surface area contributed by atoms with E-state index in [9.17, 15) is 4.79 Å². The van der Waals surface area contributed by atoms with Crippen molar-refractivity contribution in [1.82, 2.24) is 25.0 Å². The Morgan fingerprint density at radius 2 is 1.95 bits per heavy atom. The van der Waals surface area contributed by atoms with E-state index >= 15 is 0 Å². The zero-order chi connectivity index (χ0) is 15.0. The first kappa shape index (κ1) is 14.2. The number of aromatic nitrogens is 3. The van der Waals surface area contributed by atoms with Gasteiger partial charge in [-0.2, -0.15) is 5.10 Å². The van der Waals surface area contributed by atoms with Crippen molar-refractivity contribution in [3.05, 3.63) is 12.2 Å². The van der Waals surface area contributed by atoms with E-state index in [0.29, 0.717) is 17.9 Å². The molecule has 1 aliphatic carbocycles. The summed E-state index contributed by atoms with van der Waals surface area (Å²) in [6, 6.07) is 0. The lowest BCUT2D eigenvalue weighted by Crippen LogP contribution is -2.45. The van der Waals surface area contributed by atoms with Gasteiger partial charge < -0.3 is 10.2 Å². The van der Waals surface area contributed by atoms with Gasteiger partial charge in [-0.15, -0.1) is 0 Å². The highest BCUT2D eigenvalue weighted by Crippen LogP contribution is 2.45. The fraction of sp³-hybridized carbons (Fsp3) is 0.812. The minimum atomic E-state index is 0.231. The van der Waals surface area contributed by atoms with Crippen molar-refractivity contribution in [3.63, 3.8) is 0 Å². The fourth-order valence-electron chi connectivity index (χ4n) is 4.44. The fourth-order valence-corrected chi connectivity index (χ4v) is 4.44. The first-order valence-corrected chi connectivity index (χ1v) is 8.62. The summed E-state index contributed by atoms with van der Waals surface area (Å²) >= 11 is 0. The van der Waals surface area contributed by atoms with E-state index in [1.165, 1.54) is 25.7 Å². The summed E-state index contributed by atoms with van der Waals surface area (Å²) in [6.07, 6.45) is 8.78. The minimum absolute atomic E-state index is 0.231. The zero-order valence-corrected chi connectivity index (χ0v) is 13.1. The molecule has 1 aromatic heterocycles. The molecule has 3 heterocycles. The number of piperidine rings is 1. The van der Waals surface area contributed by atoms with Gasteiger partial charge in [-0.3, -0.25) is 4.79 Å². The molecular weight excluding hydrogens is 278 g/mol. The van der Waals surface area contributed by atoms with Crippen LogP contribution in [-0.4, -0.2) is 45.2 Å². The number of nitrogens with one attached hydrogen (secondary N) is 1. The van der Waals surface area contributed by atoms with Crippen LogP contribution in [0.25, 0.3) is 0 Å². The van der Waals surface area contributed by atoms with Gasteiger partial charge in [0.05, 0.1) is 13.1 Å². The molecule has 4 rings (SSSR count). The maximum Gasteiger partial charge on any atom is 0.226 e. The maximum absolute atomic E-state index is 12.8. The van der Waals surface area contributed by atoms with Crippen molar-refractivity contribution < 1.29 is 4.79 Å². The van der Waals surface area contributed by atoms with Gasteiger partial charge in [0.15, 0.2) is 0 Å². The Bertz CT molecular complexity index is 538. The zero-order valence-electron chi connectivity index (χ0n) is 13.1. The number of rotatable bonds is 1. The summed E-state index contributed by atoms with van der Waals surface area (Å²) < 4.78 is 1.91. The molecule has 0 bridgehead atoms. The van der Waals surface area contributed by atoms with Gasteiger partial charge in [0.1, 0.15) is 12.2 Å². The summed E-state index contributed by atoms with van der Waals surface area (Å²) in [5.74, 6) is 1.50. The van der Waals surface area contributed by atoms with Crippen molar-refractivity contribution >= 4 is 5.91 Å². The van der Waals surface area contributed by atoms with Gasteiger partial charge in [-0.05, 0) is 57.0 Å². The summed E-state index contributed by atoms with van der Waals surface area (Å²) in [7, 11) is 0. The van der Waals surface area contributed by atoms with Crippen LogP contribution in [0.15, 0.2) is 6.33 Å². The van der Waals surface area contributed by atoms with Crippen molar-refractivity contribution in [1.29, 1.82) is 0 Å². The van der Waals surface area contributed by atoms with E-state index < -0.39 is 0 Å². The van der Waals surface area contributed by atoms with E-state index in [2.05, 4.69) is 15.4 Å². The van der Waals surface area contributed by atoms with Gasteiger partial charge in [-0.1, -0.05) is 0 Å². The molecule has 6 heteroatoms. The van der Waals surface area contributed by atoms with Gasteiger partial charge >= 0.3 is 0 Å². The highest BCUT2D eigenvalue weighted by Gasteiger charge is 2.39. The Morgan fingerprint density at radius 1 is 1.18 bits per heavy atom. The van der Waals surface area contributed by atoms with Crippen molar-refractivity contribution in [2.24, 2.45) is 11.3 Å². The number of carbonyl (C=O) groups excluding carboxylic acids is 1. The molecule has 120 valence electrons. The maximum atomic E-state index is 12.8. The molecule has 0 atom stereocenters. The van der Waals surface area contributed by atoms with Crippen LogP contribution in [0.1, 0.15) is 44.3 Å². The lowest BCUT2D eigenvalue weighted by atomic mass is 9.65. The summed E-state index contributed by atoms with van der Waals surface area (Å²) in [5, 5.41) is 7.64. The molecule has 3 aliphatic rings. The van der Waals surface area contributed by atoms with Crippen LogP contribution in [-0.2, 0) is 17.9 Å². The predicted octanol–water partition coefficient (Wildman–Crippen LogP) is 1.18. The Labute approximate surface area is 131 Å².